The van der Waals surface area contributed by atoms with Crippen molar-refractivity contribution in [3.05, 3.63) is 0 Å². The Balaban J connectivity index is 5.26. The van der Waals surface area contributed by atoms with Crippen molar-refractivity contribution in [1.29, 1.82) is 0 Å². The van der Waals surface area contributed by atoms with Crippen LogP contribution in [0.5, 0.6) is 0 Å². The van der Waals surface area contributed by atoms with Crippen LogP contribution in [0.1, 0.15) is 409 Å². The van der Waals surface area contributed by atoms with Crippen LogP contribution in [0.3, 0.4) is 0 Å². The number of esters is 4. The average molecular weight is 1450 g/mol. The summed E-state index contributed by atoms with van der Waals surface area (Å²) in [6.07, 6.45) is 55.4. The standard InChI is InChI=1S/C80H156O17P2/c1-9-73(8)59-51-43-35-26-19-15-11-13-16-20-27-36-44-52-60-77(82)90-66-75(96-79(84)62-54-46-38-28-21-17-12-10-14-18-24-32-40-48-56-70(2)3)68-94-98(86,87)92-64-74(81)65-93-99(88,89)95-69-76(67-91-78(83)61-53-45-37-31-30-34-42-50-58-72(6)7)97-80(85)63-55-47-39-29-23-22-25-33-41-49-57-71(4)5/h70-76,81H,9-69H2,1-8H3,(H,86,87)(H,88,89)/t73?,74?,75-,76-/m1/s1. The van der Waals surface area contributed by atoms with E-state index < -0.39 is 97.5 Å². The predicted molar refractivity (Wildman–Crippen MR) is 404 cm³/mol. The zero-order valence-electron chi connectivity index (χ0n) is 65.1. The molecule has 0 aromatic heterocycles. The molecule has 0 aromatic carbocycles. The first-order chi connectivity index (χ1) is 47.6. The summed E-state index contributed by atoms with van der Waals surface area (Å²) in [4.78, 5) is 73.0. The minimum absolute atomic E-state index is 0.105. The molecule has 0 aliphatic rings. The fourth-order valence-corrected chi connectivity index (χ4v) is 13.8. The summed E-state index contributed by atoms with van der Waals surface area (Å²) in [7, 11) is -9.92. The zero-order valence-corrected chi connectivity index (χ0v) is 66.9. The van der Waals surface area contributed by atoms with E-state index >= 15 is 0 Å². The minimum atomic E-state index is -4.96. The van der Waals surface area contributed by atoms with Crippen molar-refractivity contribution in [2.75, 3.05) is 39.6 Å². The van der Waals surface area contributed by atoms with E-state index in [9.17, 15) is 43.2 Å². The van der Waals surface area contributed by atoms with Gasteiger partial charge in [0, 0.05) is 25.7 Å². The van der Waals surface area contributed by atoms with Gasteiger partial charge in [-0.1, -0.05) is 357 Å². The highest BCUT2D eigenvalue weighted by molar-refractivity contribution is 7.47. The Hall–Kier alpha value is -1.94. The van der Waals surface area contributed by atoms with E-state index in [1.807, 2.05) is 0 Å². The molecule has 0 aliphatic heterocycles. The highest BCUT2D eigenvalue weighted by Gasteiger charge is 2.30. The molecule has 588 valence electrons. The molecule has 0 aliphatic carbocycles. The van der Waals surface area contributed by atoms with Crippen LogP contribution in [-0.2, 0) is 65.4 Å². The Morgan fingerprint density at radius 3 is 0.717 bits per heavy atom. The summed E-state index contributed by atoms with van der Waals surface area (Å²) in [5.41, 5.74) is 0. The van der Waals surface area contributed by atoms with Crippen molar-refractivity contribution in [3.8, 4) is 0 Å². The Bertz CT molecular complexity index is 1940. The molecule has 0 rings (SSSR count). The zero-order chi connectivity index (χ0) is 73.1. The van der Waals surface area contributed by atoms with Crippen molar-refractivity contribution < 1.29 is 80.2 Å². The molecule has 3 N–H and O–H groups in total. The van der Waals surface area contributed by atoms with Gasteiger partial charge in [0.25, 0.3) is 0 Å². The third-order valence-electron chi connectivity index (χ3n) is 18.9. The number of hydrogen-bond acceptors (Lipinski definition) is 15. The summed E-state index contributed by atoms with van der Waals surface area (Å²) in [5, 5.41) is 10.6. The van der Waals surface area contributed by atoms with Crippen LogP contribution in [0, 0.1) is 23.7 Å². The SMILES string of the molecule is CCC(C)CCCCCCCCCCCCCCCCC(=O)OC[C@H](COP(=O)(O)OCC(O)COP(=O)(O)OC[C@@H](COC(=O)CCCCCCCCCCC(C)C)OC(=O)CCCCCCCCCCCCC(C)C)OC(=O)CCCCCCCCCCCCCCCCC(C)C. The number of aliphatic hydroxyl groups excluding tert-OH is 1. The molecule has 0 radical (unpaired) electrons. The van der Waals surface area contributed by atoms with E-state index in [1.165, 1.54) is 212 Å². The number of phosphoric ester groups is 2. The number of aliphatic hydroxyl groups is 1. The highest BCUT2D eigenvalue weighted by Crippen LogP contribution is 2.45. The summed E-state index contributed by atoms with van der Waals surface area (Å²) in [6.45, 7) is 14.3. The molecule has 17 nitrogen and oxygen atoms in total. The monoisotopic (exact) mass is 1450 g/mol. The van der Waals surface area contributed by atoms with Crippen LogP contribution in [0.2, 0.25) is 0 Å². The van der Waals surface area contributed by atoms with Crippen molar-refractivity contribution in [2.45, 2.75) is 427 Å². The lowest BCUT2D eigenvalue weighted by Crippen LogP contribution is -2.30. The summed E-state index contributed by atoms with van der Waals surface area (Å²) in [6, 6.07) is 0. The molecule has 0 heterocycles. The van der Waals surface area contributed by atoms with Crippen LogP contribution < -0.4 is 0 Å². The molecule has 4 unspecified atom stereocenters. The number of hydrogen-bond donors (Lipinski definition) is 3. The fourth-order valence-electron chi connectivity index (χ4n) is 12.2. The number of ether oxygens (including phenoxy) is 4. The predicted octanol–water partition coefficient (Wildman–Crippen LogP) is 23.6. The van der Waals surface area contributed by atoms with Crippen molar-refractivity contribution in [3.63, 3.8) is 0 Å². The normalized spacial score (nSPS) is 14.3. The maximum Gasteiger partial charge on any atom is 0.472 e. The molecule has 0 fully saturated rings. The fraction of sp³-hybridized carbons (Fsp3) is 0.950. The molecular formula is C80H156O17P2. The van der Waals surface area contributed by atoms with Crippen molar-refractivity contribution in [2.24, 2.45) is 23.7 Å². The van der Waals surface area contributed by atoms with Crippen molar-refractivity contribution >= 4 is 39.5 Å². The van der Waals surface area contributed by atoms with Crippen LogP contribution in [0.25, 0.3) is 0 Å². The van der Waals surface area contributed by atoms with Gasteiger partial charge in [-0.15, -0.1) is 0 Å². The second-order valence-electron chi connectivity index (χ2n) is 30.5. The van der Waals surface area contributed by atoms with Gasteiger partial charge in [0.1, 0.15) is 19.3 Å². The summed E-state index contributed by atoms with van der Waals surface area (Å²) >= 11 is 0. The van der Waals surface area contributed by atoms with Crippen LogP contribution in [-0.4, -0.2) is 96.7 Å². The van der Waals surface area contributed by atoms with E-state index in [1.54, 1.807) is 0 Å². The largest absolute Gasteiger partial charge is 0.472 e. The van der Waals surface area contributed by atoms with Gasteiger partial charge in [-0.2, -0.15) is 0 Å². The van der Waals surface area contributed by atoms with E-state index in [0.717, 1.165) is 114 Å². The first-order valence-corrected chi connectivity index (χ1v) is 44.2. The van der Waals surface area contributed by atoms with Gasteiger partial charge in [-0.3, -0.25) is 37.3 Å². The Morgan fingerprint density at radius 1 is 0.283 bits per heavy atom. The summed E-state index contributed by atoms with van der Waals surface area (Å²) < 4.78 is 68.7. The van der Waals surface area contributed by atoms with Crippen molar-refractivity contribution in [1.82, 2.24) is 0 Å². The number of carbonyl (C=O) groups excluding carboxylic acids is 4. The van der Waals surface area contributed by atoms with Gasteiger partial charge in [0.05, 0.1) is 26.4 Å². The van der Waals surface area contributed by atoms with Gasteiger partial charge >= 0.3 is 39.5 Å². The molecule has 0 bridgehead atoms. The number of unbranched alkanes of at least 4 members (excludes halogenated alkanes) is 42. The average Bonchev–Trinajstić information content (AvgIpc) is 1.84. The second kappa shape index (κ2) is 69.1. The molecule has 0 aromatic rings. The lowest BCUT2D eigenvalue weighted by atomic mass is 9.99. The van der Waals surface area contributed by atoms with Crippen LogP contribution in [0.15, 0.2) is 0 Å². The number of phosphoric acid groups is 2. The van der Waals surface area contributed by atoms with Crippen LogP contribution >= 0.6 is 15.6 Å². The first-order valence-electron chi connectivity index (χ1n) is 41.2. The molecule has 19 heteroatoms. The Morgan fingerprint density at radius 2 is 0.485 bits per heavy atom. The molecule has 99 heavy (non-hydrogen) atoms. The second-order valence-corrected chi connectivity index (χ2v) is 33.4. The molecular weight excluding hydrogens is 1290 g/mol. The number of rotatable bonds is 77. The highest BCUT2D eigenvalue weighted by atomic mass is 31.2. The molecule has 0 spiro atoms. The minimum Gasteiger partial charge on any atom is -0.462 e. The van der Waals surface area contributed by atoms with E-state index in [-0.39, 0.29) is 25.7 Å². The van der Waals surface area contributed by atoms with Gasteiger partial charge in [0.15, 0.2) is 12.2 Å². The van der Waals surface area contributed by atoms with Gasteiger partial charge in [-0.05, 0) is 49.4 Å². The molecule has 0 amide bonds. The first kappa shape index (κ1) is 97.1. The molecule has 6 atom stereocenters. The topological polar surface area (TPSA) is 237 Å². The quantitative estimate of drug-likeness (QED) is 0.0222. The maximum atomic E-state index is 13.1. The third-order valence-corrected chi connectivity index (χ3v) is 20.8. The van der Waals surface area contributed by atoms with E-state index in [2.05, 4.69) is 55.4 Å². The van der Waals surface area contributed by atoms with Gasteiger partial charge in [-0.25, -0.2) is 9.13 Å². The van der Waals surface area contributed by atoms with Gasteiger partial charge in [0.2, 0.25) is 0 Å². The van der Waals surface area contributed by atoms with Crippen LogP contribution in [0.4, 0.5) is 0 Å². The molecule has 0 saturated heterocycles. The van der Waals surface area contributed by atoms with E-state index in [4.69, 9.17) is 37.0 Å². The smallest absolute Gasteiger partial charge is 0.462 e. The Labute approximate surface area is 607 Å². The summed E-state index contributed by atoms with van der Waals surface area (Å²) in [5.74, 6) is 1.01. The Kier molecular flexibility index (Phi) is 67.8. The lowest BCUT2D eigenvalue weighted by molar-refractivity contribution is -0.161. The molecule has 0 saturated carbocycles. The number of carbonyl (C=O) groups is 4. The maximum absolute atomic E-state index is 13.1. The van der Waals surface area contributed by atoms with Gasteiger partial charge < -0.3 is 33.8 Å². The van der Waals surface area contributed by atoms with E-state index in [0.29, 0.717) is 25.7 Å². The third kappa shape index (κ3) is 72.8. The lowest BCUT2D eigenvalue weighted by Gasteiger charge is -2.21.